The van der Waals surface area contributed by atoms with Crippen molar-refractivity contribution in [2.45, 2.75) is 63.8 Å². The number of hydrogen-bond donors (Lipinski definition) is 1. The van der Waals surface area contributed by atoms with Gasteiger partial charge in [0.1, 0.15) is 0 Å². The maximum absolute atomic E-state index is 11.3. The molecule has 126 valence electrons. The number of aromatic carboxylic acids is 1. The van der Waals surface area contributed by atoms with Crippen molar-refractivity contribution < 1.29 is 9.90 Å². The Morgan fingerprint density at radius 2 is 2.00 bits per heavy atom. The lowest BCUT2D eigenvalue weighted by atomic mass is 9.67. The van der Waals surface area contributed by atoms with E-state index in [1.807, 2.05) is 12.1 Å². The van der Waals surface area contributed by atoms with Gasteiger partial charge in [0.05, 0.1) is 5.56 Å². The quantitative estimate of drug-likeness (QED) is 0.903. The number of hydrogen-bond acceptors (Lipinski definition) is 2. The highest BCUT2D eigenvalue weighted by atomic mass is 16.4. The van der Waals surface area contributed by atoms with E-state index in [0.29, 0.717) is 11.5 Å². The third-order valence-electron chi connectivity index (χ3n) is 6.37. The van der Waals surface area contributed by atoms with Crippen LogP contribution in [0.2, 0.25) is 0 Å². The van der Waals surface area contributed by atoms with E-state index >= 15 is 0 Å². The van der Waals surface area contributed by atoms with E-state index in [1.54, 1.807) is 6.07 Å². The molecule has 1 aliphatic carbocycles. The third kappa shape index (κ3) is 3.30. The second-order valence-electron chi connectivity index (χ2n) is 7.74. The molecule has 0 aromatic heterocycles. The van der Waals surface area contributed by atoms with Crippen LogP contribution >= 0.6 is 0 Å². The fourth-order valence-corrected chi connectivity index (χ4v) is 4.48. The predicted molar refractivity (Wildman–Crippen MR) is 93.0 cm³/mol. The lowest BCUT2D eigenvalue weighted by molar-refractivity contribution is 0.0591. The van der Waals surface area contributed by atoms with Gasteiger partial charge in [-0.05, 0) is 54.8 Å². The normalized spacial score (nSPS) is 30.3. The van der Waals surface area contributed by atoms with Gasteiger partial charge in [0.2, 0.25) is 0 Å². The largest absolute Gasteiger partial charge is 0.478 e. The van der Waals surface area contributed by atoms with Gasteiger partial charge in [-0.15, -0.1) is 0 Å². The average Bonchev–Trinajstić information content (AvgIpc) is 2.58. The molecule has 2 fully saturated rings. The van der Waals surface area contributed by atoms with Crippen molar-refractivity contribution in [2.75, 3.05) is 13.1 Å². The summed E-state index contributed by atoms with van der Waals surface area (Å²) in [5, 5.41) is 9.26. The van der Waals surface area contributed by atoms with E-state index in [0.717, 1.165) is 25.6 Å². The minimum atomic E-state index is -0.831. The summed E-state index contributed by atoms with van der Waals surface area (Å²) in [7, 11) is 0. The number of piperidine rings is 1. The lowest BCUT2D eigenvalue weighted by Gasteiger charge is -2.48. The van der Waals surface area contributed by atoms with Crippen LogP contribution in [0.5, 0.6) is 0 Å². The number of carboxylic acid groups (broad SMARTS) is 1. The van der Waals surface area contributed by atoms with Crippen molar-refractivity contribution in [1.29, 1.82) is 0 Å². The van der Waals surface area contributed by atoms with Gasteiger partial charge < -0.3 is 10.0 Å². The lowest BCUT2D eigenvalue weighted by Crippen LogP contribution is -2.51. The van der Waals surface area contributed by atoms with Gasteiger partial charge >= 0.3 is 5.97 Å². The molecule has 2 aliphatic rings. The fourth-order valence-electron chi connectivity index (χ4n) is 4.48. The Kier molecular flexibility index (Phi) is 4.77. The van der Waals surface area contributed by atoms with Crippen LogP contribution in [0.25, 0.3) is 0 Å². The van der Waals surface area contributed by atoms with Gasteiger partial charge in [-0.1, -0.05) is 45.2 Å². The fraction of sp³-hybridized carbons (Fsp3) is 0.650. The van der Waals surface area contributed by atoms with E-state index in [2.05, 4.69) is 24.8 Å². The SMILES string of the molecule is C[C@H]1CN(C2CCCCC2)CC[C@@]1(C)c1cccc(C(=O)O)c1. The zero-order valence-electron chi connectivity index (χ0n) is 14.4. The number of carbonyl (C=O) groups is 1. The molecule has 1 N–H and O–H groups in total. The van der Waals surface area contributed by atoms with Crippen LogP contribution in [0, 0.1) is 5.92 Å². The van der Waals surface area contributed by atoms with Gasteiger partial charge in [-0.2, -0.15) is 0 Å². The summed E-state index contributed by atoms with van der Waals surface area (Å²) < 4.78 is 0. The van der Waals surface area contributed by atoms with Crippen LogP contribution < -0.4 is 0 Å². The molecule has 1 heterocycles. The van der Waals surface area contributed by atoms with Gasteiger partial charge in [0.15, 0.2) is 0 Å². The van der Waals surface area contributed by atoms with Gasteiger partial charge in [0, 0.05) is 12.6 Å². The number of benzene rings is 1. The van der Waals surface area contributed by atoms with Crippen LogP contribution in [0.4, 0.5) is 0 Å². The van der Waals surface area contributed by atoms with Gasteiger partial charge in [-0.3, -0.25) is 0 Å². The Bertz CT molecular complexity index is 565. The molecular weight excluding hydrogens is 286 g/mol. The molecule has 1 aliphatic heterocycles. The Balaban J connectivity index is 1.75. The van der Waals surface area contributed by atoms with Crippen LogP contribution in [0.1, 0.15) is 68.3 Å². The molecule has 2 atom stereocenters. The minimum absolute atomic E-state index is 0.0800. The number of nitrogens with zero attached hydrogens (tertiary/aromatic N) is 1. The van der Waals surface area contributed by atoms with Crippen molar-refractivity contribution in [1.82, 2.24) is 4.90 Å². The molecule has 3 rings (SSSR count). The summed E-state index contributed by atoms with van der Waals surface area (Å²) in [6.07, 6.45) is 8.00. The molecule has 0 spiro atoms. The van der Waals surface area contributed by atoms with Crippen molar-refractivity contribution in [3.05, 3.63) is 35.4 Å². The van der Waals surface area contributed by atoms with Crippen LogP contribution in [0.3, 0.4) is 0 Å². The first-order chi connectivity index (χ1) is 11.0. The molecule has 23 heavy (non-hydrogen) atoms. The summed E-state index contributed by atoms with van der Waals surface area (Å²) in [6.45, 7) is 6.93. The molecule has 0 amide bonds. The van der Waals surface area contributed by atoms with Crippen molar-refractivity contribution in [2.24, 2.45) is 5.92 Å². The Morgan fingerprint density at radius 3 is 2.65 bits per heavy atom. The molecule has 3 nitrogen and oxygen atoms in total. The number of rotatable bonds is 3. The summed E-state index contributed by atoms with van der Waals surface area (Å²) in [4.78, 5) is 14.0. The van der Waals surface area contributed by atoms with Crippen molar-refractivity contribution in [3.8, 4) is 0 Å². The highest BCUT2D eigenvalue weighted by Gasteiger charge is 2.39. The predicted octanol–water partition coefficient (Wildman–Crippen LogP) is 4.32. The van der Waals surface area contributed by atoms with Gasteiger partial charge in [0.25, 0.3) is 0 Å². The van der Waals surface area contributed by atoms with Crippen LogP contribution in [-0.4, -0.2) is 35.1 Å². The molecule has 0 radical (unpaired) electrons. The summed E-state index contributed by atoms with van der Waals surface area (Å²) in [5.41, 5.74) is 1.68. The Morgan fingerprint density at radius 1 is 1.26 bits per heavy atom. The summed E-state index contributed by atoms with van der Waals surface area (Å²) in [5.74, 6) is -0.287. The molecule has 0 bridgehead atoms. The van der Waals surface area contributed by atoms with Gasteiger partial charge in [-0.25, -0.2) is 4.79 Å². The molecule has 0 unspecified atom stereocenters. The molecule has 1 aromatic carbocycles. The highest BCUT2D eigenvalue weighted by Crippen LogP contribution is 2.41. The van der Waals surface area contributed by atoms with Crippen LogP contribution in [-0.2, 0) is 5.41 Å². The first-order valence-electron chi connectivity index (χ1n) is 9.08. The van der Waals surface area contributed by atoms with Crippen LogP contribution in [0.15, 0.2) is 24.3 Å². The number of carboxylic acids is 1. The summed E-state index contributed by atoms with van der Waals surface area (Å²) >= 11 is 0. The second-order valence-corrected chi connectivity index (χ2v) is 7.74. The zero-order valence-corrected chi connectivity index (χ0v) is 14.4. The zero-order chi connectivity index (χ0) is 16.4. The molecule has 1 aromatic rings. The maximum atomic E-state index is 11.3. The van der Waals surface area contributed by atoms with E-state index < -0.39 is 5.97 Å². The molecular formula is C20H29NO2. The van der Waals surface area contributed by atoms with E-state index in [1.165, 1.54) is 37.7 Å². The van der Waals surface area contributed by atoms with E-state index in [4.69, 9.17) is 0 Å². The third-order valence-corrected chi connectivity index (χ3v) is 6.37. The first-order valence-corrected chi connectivity index (χ1v) is 9.08. The first kappa shape index (κ1) is 16.5. The topological polar surface area (TPSA) is 40.5 Å². The Labute approximate surface area is 139 Å². The standard InChI is InChI=1S/C20H29NO2/c1-15-14-21(18-9-4-3-5-10-18)12-11-20(15,2)17-8-6-7-16(13-17)19(22)23/h6-8,13,15,18H,3-5,9-12,14H2,1-2H3,(H,22,23)/t15-,20+/m0/s1. The second kappa shape index (κ2) is 6.64. The highest BCUT2D eigenvalue weighted by molar-refractivity contribution is 5.87. The number of likely N-dealkylation sites (tertiary alicyclic amines) is 1. The average molecular weight is 315 g/mol. The van der Waals surface area contributed by atoms with Crippen molar-refractivity contribution >= 4 is 5.97 Å². The molecule has 3 heteroatoms. The van der Waals surface area contributed by atoms with E-state index in [9.17, 15) is 9.90 Å². The summed E-state index contributed by atoms with van der Waals surface area (Å²) in [6, 6.07) is 8.36. The minimum Gasteiger partial charge on any atom is -0.478 e. The molecule has 1 saturated heterocycles. The maximum Gasteiger partial charge on any atom is 0.335 e. The van der Waals surface area contributed by atoms with E-state index in [-0.39, 0.29) is 5.41 Å². The molecule has 1 saturated carbocycles. The van der Waals surface area contributed by atoms with Crippen molar-refractivity contribution in [3.63, 3.8) is 0 Å². The Hall–Kier alpha value is -1.35. The monoisotopic (exact) mass is 315 g/mol. The smallest absolute Gasteiger partial charge is 0.335 e.